The van der Waals surface area contributed by atoms with Gasteiger partial charge >= 0.3 is 0 Å². The molecule has 0 heterocycles. The second kappa shape index (κ2) is 7.16. The Labute approximate surface area is 125 Å². The standard InChI is InChI=1S/C17H22N2O2/c1-12(20)17(13(2)21)19-18-16-10-8-15(9-11-16)14-6-4-3-5-7-14/h8-11,14,20H,3-7H2,1-2H3/b17-12+,19-18?. The van der Waals surface area contributed by atoms with Gasteiger partial charge in [-0.05, 0) is 43.4 Å². The molecule has 1 aromatic carbocycles. The summed E-state index contributed by atoms with van der Waals surface area (Å²) >= 11 is 0. The third kappa shape index (κ3) is 4.25. The summed E-state index contributed by atoms with van der Waals surface area (Å²) in [7, 11) is 0. The third-order valence-electron chi connectivity index (χ3n) is 3.91. The lowest BCUT2D eigenvalue weighted by atomic mass is 9.84. The highest BCUT2D eigenvalue weighted by atomic mass is 16.3. The van der Waals surface area contributed by atoms with Crippen LogP contribution in [0, 0.1) is 0 Å². The Kier molecular flexibility index (Phi) is 5.26. The highest BCUT2D eigenvalue weighted by Crippen LogP contribution is 2.33. The van der Waals surface area contributed by atoms with Gasteiger partial charge in [0.25, 0.3) is 0 Å². The van der Waals surface area contributed by atoms with Crippen molar-refractivity contribution in [2.75, 3.05) is 0 Å². The zero-order valence-electron chi connectivity index (χ0n) is 12.7. The van der Waals surface area contributed by atoms with Crippen molar-refractivity contribution in [3.63, 3.8) is 0 Å². The van der Waals surface area contributed by atoms with Gasteiger partial charge in [0.15, 0.2) is 11.5 Å². The van der Waals surface area contributed by atoms with Gasteiger partial charge in [-0.1, -0.05) is 31.4 Å². The molecular weight excluding hydrogens is 264 g/mol. The molecule has 0 aromatic heterocycles. The maximum atomic E-state index is 11.3. The molecule has 1 aromatic rings. The fraction of sp³-hybridized carbons (Fsp3) is 0.471. The summed E-state index contributed by atoms with van der Waals surface area (Å²) in [5.41, 5.74) is 2.05. The zero-order chi connectivity index (χ0) is 15.2. The van der Waals surface area contributed by atoms with Gasteiger partial charge in [-0.15, -0.1) is 5.11 Å². The monoisotopic (exact) mass is 286 g/mol. The normalized spacial score (nSPS) is 17.8. The van der Waals surface area contributed by atoms with Gasteiger partial charge in [-0.3, -0.25) is 4.79 Å². The SMILES string of the molecule is CC(=O)/C(N=Nc1ccc(C2CCCCC2)cc1)=C(/C)O. The van der Waals surface area contributed by atoms with Crippen LogP contribution in [0.2, 0.25) is 0 Å². The Balaban J connectivity index is 2.08. The summed E-state index contributed by atoms with van der Waals surface area (Å²) in [4.78, 5) is 11.3. The van der Waals surface area contributed by atoms with Crippen LogP contribution in [0.3, 0.4) is 0 Å². The van der Waals surface area contributed by atoms with E-state index in [0.29, 0.717) is 11.6 Å². The molecule has 0 bridgehead atoms. The first kappa shape index (κ1) is 15.4. The van der Waals surface area contributed by atoms with Gasteiger partial charge in [0, 0.05) is 6.92 Å². The fourth-order valence-electron chi connectivity index (χ4n) is 2.75. The van der Waals surface area contributed by atoms with Crippen molar-refractivity contribution in [1.29, 1.82) is 0 Å². The molecule has 1 aliphatic rings. The maximum Gasteiger partial charge on any atom is 0.183 e. The molecule has 4 heteroatoms. The van der Waals surface area contributed by atoms with E-state index in [1.807, 2.05) is 12.1 Å². The molecule has 1 saturated carbocycles. The lowest BCUT2D eigenvalue weighted by molar-refractivity contribution is -0.113. The van der Waals surface area contributed by atoms with Gasteiger partial charge in [0.2, 0.25) is 0 Å². The second-order valence-corrected chi connectivity index (χ2v) is 5.62. The predicted molar refractivity (Wildman–Crippen MR) is 82.8 cm³/mol. The van der Waals surface area contributed by atoms with Gasteiger partial charge < -0.3 is 5.11 Å². The number of allylic oxidation sites excluding steroid dienone is 2. The molecule has 0 aliphatic heterocycles. The van der Waals surface area contributed by atoms with E-state index in [-0.39, 0.29) is 17.2 Å². The Morgan fingerprint density at radius 3 is 2.24 bits per heavy atom. The number of Topliss-reactive ketones (excluding diaryl/α,β-unsaturated/α-hetero) is 1. The van der Waals surface area contributed by atoms with Crippen LogP contribution in [0.4, 0.5) is 5.69 Å². The Morgan fingerprint density at radius 2 is 1.71 bits per heavy atom. The number of aliphatic hydroxyl groups is 1. The minimum Gasteiger partial charge on any atom is -0.510 e. The molecule has 0 radical (unpaired) electrons. The molecule has 0 spiro atoms. The molecule has 0 saturated heterocycles. The van der Waals surface area contributed by atoms with Gasteiger partial charge in [0.1, 0.15) is 5.76 Å². The topological polar surface area (TPSA) is 62.0 Å². The highest BCUT2D eigenvalue weighted by Gasteiger charge is 2.15. The molecule has 0 atom stereocenters. The first-order chi connectivity index (χ1) is 10.1. The van der Waals surface area contributed by atoms with Crippen LogP contribution in [0.25, 0.3) is 0 Å². The molecule has 1 aliphatic carbocycles. The van der Waals surface area contributed by atoms with Crippen LogP contribution < -0.4 is 0 Å². The Hall–Kier alpha value is -1.97. The number of aliphatic hydroxyl groups excluding tert-OH is 1. The number of benzene rings is 1. The van der Waals surface area contributed by atoms with Crippen molar-refractivity contribution in [3.05, 3.63) is 41.3 Å². The molecule has 1 N–H and O–H groups in total. The third-order valence-corrected chi connectivity index (χ3v) is 3.91. The van der Waals surface area contributed by atoms with E-state index in [1.54, 1.807) is 0 Å². The smallest absolute Gasteiger partial charge is 0.183 e. The number of rotatable bonds is 4. The number of carbonyl (C=O) groups is 1. The summed E-state index contributed by atoms with van der Waals surface area (Å²) in [6.45, 7) is 2.79. The number of ketones is 1. The van der Waals surface area contributed by atoms with Crippen LogP contribution in [-0.2, 0) is 4.79 Å². The average Bonchev–Trinajstić information content (AvgIpc) is 2.48. The number of hydrogen-bond donors (Lipinski definition) is 1. The van der Waals surface area contributed by atoms with Gasteiger partial charge in [0.05, 0.1) is 5.69 Å². The number of nitrogens with zero attached hydrogens (tertiary/aromatic N) is 2. The summed E-state index contributed by atoms with van der Waals surface area (Å²) in [6.07, 6.45) is 6.51. The highest BCUT2D eigenvalue weighted by molar-refractivity contribution is 5.93. The minimum absolute atomic E-state index is 0.00589. The van der Waals surface area contributed by atoms with E-state index in [2.05, 4.69) is 22.4 Å². The first-order valence-electron chi connectivity index (χ1n) is 7.50. The van der Waals surface area contributed by atoms with Crippen LogP contribution in [-0.4, -0.2) is 10.9 Å². The molecule has 21 heavy (non-hydrogen) atoms. The minimum atomic E-state index is -0.294. The predicted octanol–water partition coefficient (Wildman–Crippen LogP) is 5.20. The van der Waals surface area contributed by atoms with Crippen molar-refractivity contribution in [3.8, 4) is 0 Å². The van der Waals surface area contributed by atoms with Crippen molar-refractivity contribution in [1.82, 2.24) is 0 Å². The summed E-state index contributed by atoms with van der Waals surface area (Å²) < 4.78 is 0. The first-order valence-corrected chi connectivity index (χ1v) is 7.50. The van der Waals surface area contributed by atoms with Crippen molar-refractivity contribution in [2.45, 2.75) is 51.9 Å². The average molecular weight is 286 g/mol. The number of carbonyl (C=O) groups excluding carboxylic acids is 1. The van der Waals surface area contributed by atoms with E-state index in [0.717, 1.165) is 0 Å². The fourth-order valence-corrected chi connectivity index (χ4v) is 2.75. The lowest BCUT2D eigenvalue weighted by Crippen LogP contribution is -2.03. The van der Waals surface area contributed by atoms with Gasteiger partial charge in [-0.25, -0.2) is 0 Å². The number of hydrogen-bond acceptors (Lipinski definition) is 4. The zero-order valence-corrected chi connectivity index (χ0v) is 12.7. The molecule has 1 fully saturated rings. The van der Waals surface area contributed by atoms with Crippen molar-refractivity contribution in [2.24, 2.45) is 10.2 Å². The van der Waals surface area contributed by atoms with Crippen LogP contribution in [0.1, 0.15) is 57.4 Å². The Bertz CT molecular complexity index is 549. The van der Waals surface area contributed by atoms with Gasteiger partial charge in [-0.2, -0.15) is 5.11 Å². The molecule has 2 rings (SSSR count). The Morgan fingerprint density at radius 1 is 1.10 bits per heavy atom. The van der Waals surface area contributed by atoms with E-state index >= 15 is 0 Å². The molecule has 0 amide bonds. The van der Waals surface area contributed by atoms with Crippen LogP contribution >= 0.6 is 0 Å². The van der Waals surface area contributed by atoms with Crippen molar-refractivity contribution < 1.29 is 9.90 Å². The van der Waals surface area contributed by atoms with Crippen LogP contribution in [0.15, 0.2) is 46.0 Å². The van der Waals surface area contributed by atoms with E-state index in [9.17, 15) is 9.90 Å². The number of azo groups is 1. The molecule has 4 nitrogen and oxygen atoms in total. The van der Waals surface area contributed by atoms with E-state index < -0.39 is 0 Å². The lowest BCUT2D eigenvalue weighted by Gasteiger charge is -2.21. The maximum absolute atomic E-state index is 11.3. The van der Waals surface area contributed by atoms with E-state index in [1.165, 1.54) is 51.5 Å². The summed E-state index contributed by atoms with van der Waals surface area (Å²) in [5.74, 6) is 0.264. The summed E-state index contributed by atoms with van der Waals surface area (Å²) in [6, 6.07) is 8.01. The largest absolute Gasteiger partial charge is 0.510 e. The summed E-state index contributed by atoms with van der Waals surface area (Å²) in [5, 5.41) is 17.2. The van der Waals surface area contributed by atoms with E-state index in [4.69, 9.17) is 0 Å². The van der Waals surface area contributed by atoms with Crippen LogP contribution in [0.5, 0.6) is 0 Å². The molecular formula is C17H22N2O2. The quantitative estimate of drug-likeness (QED) is 0.470. The second-order valence-electron chi connectivity index (χ2n) is 5.62. The molecule has 112 valence electrons. The molecule has 0 unspecified atom stereocenters. The van der Waals surface area contributed by atoms with Crippen molar-refractivity contribution >= 4 is 11.5 Å².